The molecule has 1 fully saturated rings. The maximum absolute atomic E-state index is 11.2. The van der Waals surface area contributed by atoms with Crippen molar-refractivity contribution in [2.75, 3.05) is 18.0 Å². The Morgan fingerprint density at radius 2 is 2.28 bits per heavy atom. The first-order valence-corrected chi connectivity index (χ1v) is 6.77. The lowest BCUT2D eigenvalue weighted by atomic mass is 9.94. The molecule has 0 bridgehead atoms. The minimum atomic E-state index is -0.801. The van der Waals surface area contributed by atoms with Crippen LogP contribution in [0.5, 0.6) is 0 Å². The van der Waals surface area contributed by atoms with Crippen LogP contribution in [0.3, 0.4) is 0 Å². The van der Waals surface area contributed by atoms with Crippen LogP contribution in [0, 0.1) is 5.92 Å². The van der Waals surface area contributed by atoms with Crippen LogP contribution in [0.4, 0.5) is 5.69 Å². The van der Waals surface area contributed by atoms with Gasteiger partial charge in [0.25, 0.3) is 0 Å². The van der Waals surface area contributed by atoms with Gasteiger partial charge in [-0.2, -0.15) is 11.3 Å². The highest BCUT2D eigenvalue weighted by atomic mass is 32.1. The lowest BCUT2D eigenvalue weighted by Crippen LogP contribution is -2.52. The molecule has 1 aliphatic heterocycles. The molecule has 2 rings (SSSR count). The summed E-state index contributed by atoms with van der Waals surface area (Å²) in [6.45, 7) is 2.63. The number of thiophene rings is 1. The van der Waals surface area contributed by atoms with Crippen molar-refractivity contribution in [3.8, 4) is 0 Å². The average molecular weight is 268 g/mol. The number of amides is 1. The summed E-state index contributed by atoms with van der Waals surface area (Å²) in [5, 5.41) is 15.9. The number of hydrogen-bond acceptors (Lipinski definition) is 4. The molecule has 1 saturated heterocycles. The van der Waals surface area contributed by atoms with Gasteiger partial charge in [0.15, 0.2) is 0 Å². The smallest absolute Gasteiger partial charge is 0.308 e. The van der Waals surface area contributed by atoms with Gasteiger partial charge < -0.3 is 15.3 Å². The quantitative estimate of drug-likeness (QED) is 0.863. The summed E-state index contributed by atoms with van der Waals surface area (Å²) in [6.07, 6.45) is 0.496. The van der Waals surface area contributed by atoms with E-state index in [0.29, 0.717) is 19.5 Å². The number of nitrogens with zero attached hydrogens (tertiary/aromatic N) is 1. The van der Waals surface area contributed by atoms with Crippen LogP contribution in [0.15, 0.2) is 16.8 Å². The molecule has 0 spiro atoms. The second-order valence-corrected chi connectivity index (χ2v) is 5.33. The maximum Gasteiger partial charge on any atom is 0.308 e. The fourth-order valence-electron chi connectivity index (χ4n) is 2.32. The minimum Gasteiger partial charge on any atom is -0.481 e. The van der Waals surface area contributed by atoms with Gasteiger partial charge in [-0.1, -0.05) is 0 Å². The molecule has 0 aromatic carbocycles. The first-order valence-electron chi connectivity index (χ1n) is 5.83. The second kappa shape index (κ2) is 5.39. The topological polar surface area (TPSA) is 69.6 Å². The average Bonchev–Trinajstić information content (AvgIpc) is 2.80. The van der Waals surface area contributed by atoms with Gasteiger partial charge in [0.2, 0.25) is 5.91 Å². The summed E-state index contributed by atoms with van der Waals surface area (Å²) in [5.41, 5.74) is 1.03. The van der Waals surface area contributed by atoms with E-state index < -0.39 is 11.9 Å². The molecule has 1 aliphatic rings. The molecule has 0 saturated carbocycles. The number of carboxylic acids is 1. The van der Waals surface area contributed by atoms with Gasteiger partial charge in [-0.25, -0.2) is 0 Å². The molecule has 18 heavy (non-hydrogen) atoms. The zero-order chi connectivity index (χ0) is 13.1. The summed E-state index contributed by atoms with van der Waals surface area (Å²) in [4.78, 5) is 24.3. The lowest BCUT2D eigenvalue weighted by Gasteiger charge is -2.37. The van der Waals surface area contributed by atoms with Crippen LogP contribution < -0.4 is 10.2 Å². The van der Waals surface area contributed by atoms with Crippen LogP contribution >= 0.6 is 11.3 Å². The first-order chi connectivity index (χ1) is 8.56. The summed E-state index contributed by atoms with van der Waals surface area (Å²) in [7, 11) is 0. The van der Waals surface area contributed by atoms with E-state index in [4.69, 9.17) is 5.11 Å². The van der Waals surface area contributed by atoms with E-state index in [1.807, 2.05) is 21.7 Å². The number of rotatable bonds is 3. The Balaban J connectivity index is 2.11. The van der Waals surface area contributed by atoms with E-state index in [-0.39, 0.29) is 11.9 Å². The number of hydrogen-bond donors (Lipinski definition) is 2. The Bertz CT molecular complexity index is 433. The van der Waals surface area contributed by atoms with Crippen LogP contribution in [0.1, 0.15) is 13.3 Å². The Kier molecular flexibility index (Phi) is 3.86. The first kappa shape index (κ1) is 12.9. The van der Waals surface area contributed by atoms with Crippen molar-refractivity contribution in [3.05, 3.63) is 16.8 Å². The Morgan fingerprint density at radius 3 is 2.83 bits per heavy atom. The lowest BCUT2D eigenvalue weighted by molar-refractivity contribution is -0.142. The van der Waals surface area contributed by atoms with E-state index in [9.17, 15) is 9.59 Å². The highest BCUT2D eigenvalue weighted by Crippen LogP contribution is 2.25. The third-order valence-corrected chi connectivity index (χ3v) is 3.75. The molecule has 2 unspecified atom stereocenters. The van der Waals surface area contributed by atoms with Crippen molar-refractivity contribution in [1.82, 2.24) is 5.32 Å². The van der Waals surface area contributed by atoms with Gasteiger partial charge in [0.1, 0.15) is 0 Å². The van der Waals surface area contributed by atoms with Gasteiger partial charge in [-0.15, -0.1) is 0 Å². The fraction of sp³-hybridized carbons (Fsp3) is 0.500. The van der Waals surface area contributed by atoms with Gasteiger partial charge >= 0.3 is 5.97 Å². The van der Waals surface area contributed by atoms with Gasteiger partial charge in [0, 0.05) is 37.1 Å². The maximum atomic E-state index is 11.2. The van der Waals surface area contributed by atoms with Gasteiger partial charge in [-0.05, 0) is 17.9 Å². The molecule has 5 nitrogen and oxygen atoms in total. The number of anilines is 1. The molecular formula is C12H16N2O3S. The van der Waals surface area contributed by atoms with Crippen molar-refractivity contribution >= 4 is 28.9 Å². The second-order valence-electron chi connectivity index (χ2n) is 4.55. The molecule has 1 aromatic rings. The number of nitrogens with one attached hydrogen (secondary N) is 1. The largest absolute Gasteiger partial charge is 0.481 e. The van der Waals surface area contributed by atoms with Crippen LogP contribution in [0.25, 0.3) is 0 Å². The Labute approximate surface area is 109 Å². The third kappa shape index (κ3) is 3.01. The van der Waals surface area contributed by atoms with Crippen molar-refractivity contribution in [3.63, 3.8) is 0 Å². The van der Waals surface area contributed by atoms with E-state index in [1.54, 1.807) is 11.3 Å². The minimum absolute atomic E-state index is 0.0998. The molecule has 0 aliphatic carbocycles. The highest BCUT2D eigenvalue weighted by molar-refractivity contribution is 7.08. The van der Waals surface area contributed by atoms with Gasteiger partial charge in [-0.3, -0.25) is 9.59 Å². The van der Waals surface area contributed by atoms with Crippen LogP contribution in [-0.4, -0.2) is 36.1 Å². The highest BCUT2D eigenvalue weighted by Gasteiger charge is 2.32. The predicted octanol–water partition coefficient (Wildman–Crippen LogP) is 1.16. The zero-order valence-corrected chi connectivity index (χ0v) is 10.9. The molecule has 0 radical (unpaired) electrons. The van der Waals surface area contributed by atoms with Crippen molar-refractivity contribution in [1.29, 1.82) is 0 Å². The molecule has 6 heteroatoms. The zero-order valence-electron chi connectivity index (χ0n) is 10.1. The molecule has 98 valence electrons. The predicted molar refractivity (Wildman–Crippen MR) is 69.9 cm³/mol. The molecule has 1 amide bonds. The van der Waals surface area contributed by atoms with Crippen LogP contribution in [-0.2, 0) is 9.59 Å². The molecule has 2 N–H and O–H groups in total. The third-order valence-electron chi connectivity index (χ3n) is 3.08. The monoisotopic (exact) mass is 268 g/mol. The summed E-state index contributed by atoms with van der Waals surface area (Å²) in [5.74, 6) is -1.35. The number of carbonyl (C=O) groups excluding carboxylic acids is 1. The number of carbonyl (C=O) groups is 2. The van der Waals surface area contributed by atoms with E-state index in [0.717, 1.165) is 5.69 Å². The van der Waals surface area contributed by atoms with Crippen molar-refractivity contribution in [2.24, 2.45) is 5.92 Å². The summed E-state index contributed by atoms with van der Waals surface area (Å²) < 4.78 is 0. The molecular weight excluding hydrogens is 252 g/mol. The number of aliphatic carboxylic acids is 1. The van der Waals surface area contributed by atoms with Crippen LogP contribution in [0.2, 0.25) is 0 Å². The van der Waals surface area contributed by atoms with Crippen molar-refractivity contribution < 1.29 is 14.7 Å². The summed E-state index contributed by atoms with van der Waals surface area (Å²) >= 11 is 1.58. The Hall–Kier alpha value is -1.56. The standard InChI is InChI=1S/C12H16N2O3S/c1-8(15)13-10-4-9(12(16)17)5-14(6-10)11-2-3-18-7-11/h2-3,7,9-10H,4-6H2,1H3,(H,13,15)(H,16,17). The normalized spacial score (nSPS) is 23.7. The van der Waals surface area contributed by atoms with E-state index in [2.05, 4.69) is 5.32 Å². The van der Waals surface area contributed by atoms with Crippen molar-refractivity contribution in [2.45, 2.75) is 19.4 Å². The molecule has 2 heterocycles. The Morgan fingerprint density at radius 1 is 1.50 bits per heavy atom. The van der Waals surface area contributed by atoms with Gasteiger partial charge in [0.05, 0.1) is 5.92 Å². The number of piperidine rings is 1. The van der Waals surface area contributed by atoms with E-state index >= 15 is 0 Å². The SMILES string of the molecule is CC(=O)NC1CC(C(=O)O)CN(c2ccsc2)C1. The summed E-state index contributed by atoms with van der Waals surface area (Å²) in [6, 6.07) is 1.87. The molecule has 1 aromatic heterocycles. The fourth-order valence-corrected chi connectivity index (χ4v) is 2.98. The van der Waals surface area contributed by atoms with E-state index in [1.165, 1.54) is 6.92 Å². The number of carboxylic acid groups (broad SMARTS) is 1. The molecule has 2 atom stereocenters.